The number of carbonyl (C=O) groups is 2. The fourth-order valence-electron chi connectivity index (χ4n) is 2.51. The van der Waals surface area contributed by atoms with Crippen molar-refractivity contribution in [2.45, 2.75) is 71.6 Å². The SMILES string of the molecule is CCCCCCCCCCC(=O)C(=O)c1ccccc1C. The minimum absolute atomic E-state index is 0.240. The number of hydrogen-bond acceptors (Lipinski definition) is 2. The zero-order chi connectivity index (χ0) is 15.5. The molecule has 0 bridgehead atoms. The van der Waals surface area contributed by atoms with E-state index in [9.17, 15) is 9.59 Å². The van der Waals surface area contributed by atoms with Crippen LogP contribution < -0.4 is 0 Å². The Labute approximate surface area is 128 Å². The first-order valence-corrected chi connectivity index (χ1v) is 8.30. The lowest BCUT2D eigenvalue weighted by molar-refractivity contribution is -0.115. The molecular formula is C19H28O2. The average Bonchev–Trinajstić information content (AvgIpc) is 2.49. The Hall–Kier alpha value is -1.44. The van der Waals surface area contributed by atoms with Gasteiger partial charge in [0.15, 0.2) is 0 Å². The zero-order valence-electron chi connectivity index (χ0n) is 13.5. The van der Waals surface area contributed by atoms with Gasteiger partial charge in [-0.05, 0) is 18.9 Å². The number of unbranched alkanes of at least 4 members (excludes halogenated alkanes) is 7. The van der Waals surface area contributed by atoms with Crippen LogP contribution in [0.5, 0.6) is 0 Å². The second-order valence-corrected chi connectivity index (χ2v) is 5.79. The number of ketones is 2. The Kier molecular flexibility index (Phi) is 8.65. The topological polar surface area (TPSA) is 34.1 Å². The third-order valence-electron chi connectivity index (χ3n) is 3.90. The van der Waals surface area contributed by atoms with Crippen LogP contribution in [0.1, 0.15) is 80.6 Å². The van der Waals surface area contributed by atoms with Crippen LogP contribution in [0, 0.1) is 6.92 Å². The molecule has 0 saturated heterocycles. The van der Waals surface area contributed by atoms with E-state index in [-0.39, 0.29) is 11.6 Å². The Morgan fingerprint density at radius 2 is 1.43 bits per heavy atom. The molecule has 0 aromatic heterocycles. The van der Waals surface area contributed by atoms with Crippen LogP contribution in [0.4, 0.5) is 0 Å². The second kappa shape index (κ2) is 10.3. The largest absolute Gasteiger partial charge is 0.290 e. The molecule has 0 N–H and O–H groups in total. The van der Waals surface area contributed by atoms with E-state index in [1.165, 1.54) is 38.5 Å². The summed E-state index contributed by atoms with van der Waals surface area (Å²) in [5.41, 5.74) is 1.44. The first-order chi connectivity index (χ1) is 10.2. The number of carbonyl (C=O) groups excluding carboxylic acids is 2. The summed E-state index contributed by atoms with van der Waals surface area (Å²) in [6.45, 7) is 4.09. The fraction of sp³-hybridized carbons (Fsp3) is 0.579. The van der Waals surface area contributed by atoms with Crippen LogP contribution in [-0.2, 0) is 4.79 Å². The summed E-state index contributed by atoms with van der Waals surface area (Å²) in [6, 6.07) is 7.30. The molecule has 0 unspecified atom stereocenters. The van der Waals surface area contributed by atoms with E-state index >= 15 is 0 Å². The van der Waals surface area contributed by atoms with Gasteiger partial charge in [-0.1, -0.05) is 76.1 Å². The van der Waals surface area contributed by atoms with Gasteiger partial charge in [-0.15, -0.1) is 0 Å². The van der Waals surface area contributed by atoms with E-state index in [2.05, 4.69) is 6.92 Å². The lowest BCUT2D eigenvalue weighted by Gasteiger charge is -2.04. The molecule has 0 atom stereocenters. The van der Waals surface area contributed by atoms with E-state index in [1.54, 1.807) is 6.07 Å². The molecule has 0 fully saturated rings. The monoisotopic (exact) mass is 288 g/mol. The van der Waals surface area contributed by atoms with Gasteiger partial charge in [-0.3, -0.25) is 9.59 Å². The molecule has 0 radical (unpaired) electrons. The summed E-state index contributed by atoms with van der Waals surface area (Å²) in [5, 5.41) is 0. The molecule has 116 valence electrons. The molecule has 0 aliphatic rings. The van der Waals surface area contributed by atoms with Crippen molar-refractivity contribution in [1.29, 1.82) is 0 Å². The number of aryl methyl sites for hydroxylation is 1. The molecule has 1 rings (SSSR count). The van der Waals surface area contributed by atoms with Gasteiger partial charge in [-0.25, -0.2) is 0 Å². The van der Waals surface area contributed by atoms with Gasteiger partial charge >= 0.3 is 0 Å². The summed E-state index contributed by atoms with van der Waals surface area (Å²) in [6.07, 6.45) is 9.92. The maximum atomic E-state index is 12.1. The predicted octanol–water partition coefficient (Wildman–Crippen LogP) is 5.28. The van der Waals surface area contributed by atoms with Crippen LogP contribution in [0.15, 0.2) is 24.3 Å². The highest BCUT2D eigenvalue weighted by Crippen LogP contribution is 2.13. The zero-order valence-corrected chi connectivity index (χ0v) is 13.5. The van der Waals surface area contributed by atoms with Crippen molar-refractivity contribution in [3.05, 3.63) is 35.4 Å². The summed E-state index contributed by atoms with van der Waals surface area (Å²) >= 11 is 0. The van der Waals surface area contributed by atoms with Crippen molar-refractivity contribution in [3.63, 3.8) is 0 Å². The van der Waals surface area contributed by atoms with Crippen LogP contribution >= 0.6 is 0 Å². The predicted molar refractivity (Wildman–Crippen MR) is 87.7 cm³/mol. The highest BCUT2D eigenvalue weighted by atomic mass is 16.2. The molecule has 0 aliphatic carbocycles. The van der Waals surface area contributed by atoms with Crippen LogP contribution in [0.2, 0.25) is 0 Å². The molecule has 0 spiro atoms. The molecule has 0 amide bonds. The molecule has 21 heavy (non-hydrogen) atoms. The molecule has 2 heteroatoms. The van der Waals surface area contributed by atoms with Crippen LogP contribution in [-0.4, -0.2) is 11.6 Å². The third kappa shape index (κ3) is 6.70. The quantitative estimate of drug-likeness (QED) is 0.315. The second-order valence-electron chi connectivity index (χ2n) is 5.79. The number of Topliss-reactive ketones (excluding diaryl/α,β-unsaturated/α-hetero) is 2. The van der Waals surface area contributed by atoms with E-state index in [0.29, 0.717) is 12.0 Å². The highest BCUT2D eigenvalue weighted by molar-refractivity contribution is 6.43. The molecule has 1 aromatic rings. The molecule has 2 nitrogen and oxygen atoms in total. The smallest absolute Gasteiger partial charge is 0.228 e. The lowest BCUT2D eigenvalue weighted by Crippen LogP contribution is -2.15. The molecule has 0 aliphatic heterocycles. The number of rotatable bonds is 11. The average molecular weight is 288 g/mol. The van der Waals surface area contributed by atoms with Crippen molar-refractivity contribution < 1.29 is 9.59 Å². The van der Waals surface area contributed by atoms with Gasteiger partial charge in [0.2, 0.25) is 11.6 Å². The van der Waals surface area contributed by atoms with Crippen molar-refractivity contribution >= 4 is 11.6 Å². The van der Waals surface area contributed by atoms with E-state index < -0.39 is 0 Å². The third-order valence-corrected chi connectivity index (χ3v) is 3.90. The molecule has 0 heterocycles. The molecule has 0 saturated carbocycles. The summed E-state index contributed by atoms with van der Waals surface area (Å²) in [4.78, 5) is 24.0. The Balaban J connectivity index is 2.19. The maximum absolute atomic E-state index is 12.1. The van der Waals surface area contributed by atoms with Gasteiger partial charge in [0, 0.05) is 12.0 Å². The summed E-state index contributed by atoms with van der Waals surface area (Å²) in [7, 11) is 0. The van der Waals surface area contributed by atoms with Crippen LogP contribution in [0.25, 0.3) is 0 Å². The Morgan fingerprint density at radius 3 is 2.05 bits per heavy atom. The Bertz CT molecular complexity index is 449. The van der Waals surface area contributed by atoms with E-state index in [4.69, 9.17) is 0 Å². The molecule has 1 aromatic carbocycles. The van der Waals surface area contributed by atoms with Gasteiger partial charge in [-0.2, -0.15) is 0 Å². The Morgan fingerprint density at radius 1 is 0.857 bits per heavy atom. The standard InChI is InChI=1S/C19H28O2/c1-3-4-5-6-7-8-9-10-15-18(20)19(21)17-14-12-11-13-16(17)2/h11-14H,3-10,15H2,1-2H3. The number of benzene rings is 1. The summed E-state index contributed by atoms with van der Waals surface area (Å²) < 4.78 is 0. The fourth-order valence-corrected chi connectivity index (χ4v) is 2.51. The van der Waals surface area contributed by atoms with E-state index in [0.717, 1.165) is 18.4 Å². The van der Waals surface area contributed by atoms with E-state index in [1.807, 2.05) is 25.1 Å². The first kappa shape index (κ1) is 17.6. The van der Waals surface area contributed by atoms with Crippen LogP contribution in [0.3, 0.4) is 0 Å². The number of hydrogen-bond donors (Lipinski definition) is 0. The van der Waals surface area contributed by atoms with Gasteiger partial charge in [0.05, 0.1) is 0 Å². The maximum Gasteiger partial charge on any atom is 0.228 e. The lowest BCUT2D eigenvalue weighted by atomic mass is 9.98. The van der Waals surface area contributed by atoms with Crippen molar-refractivity contribution in [1.82, 2.24) is 0 Å². The van der Waals surface area contributed by atoms with Gasteiger partial charge < -0.3 is 0 Å². The van der Waals surface area contributed by atoms with Gasteiger partial charge in [0.1, 0.15) is 0 Å². The highest BCUT2D eigenvalue weighted by Gasteiger charge is 2.16. The van der Waals surface area contributed by atoms with Gasteiger partial charge in [0.25, 0.3) is 0 Å². The summed E-state index contributed by atoms with van der Waals surface area (Å²) in [5.74, 6) is -0.564. The minimum Gasteiger partial charge on any atom is -0.290 e. The van der Waals surface area contributed by atoms with Crippen molar-refractivity contribution in [2.75, 3.05) is 0 Å². The van der Waals surface area contributed by atoms with Crippen molar-refractivity contribution in [3.8, 4) is 0 Å². The van der Waals surface area contributed by atoms with Crippen molar-refractivity contribution in [2.24, 2.45) is 0 Å². The minimum atomic E-state index is -0.323. The first-order valence-electron chi connectivity index (χ1n) is 8.30. The normalized spacial score (nSPS) is 10.6. The molecular weight excluding hydrogens is 260 g/mol.